The number of nitrogens with zero attached hydrogens (tertiary/aromatic N) is 1. The Morgan fingerprint density at radius 3 is 2.56 bits per heavy atom. The Morgan fingerprint density at radius 1 is 1.12 bits per heavy atom. The summed E-state index contributed by atoms with van der Waals surface area (Å²) >= 11 is 7.69. The van der Waals surface area contributed by atoms with Crippen LogP contribution in [0.15, 0.2) is 70.5 Å². The van der Waals surface area contributed by atoms with Gasteiger partial charge in [0.2, 0.25) is 0 Å². The first-order valence-electron chi connectivity index (χ1n) is 10.4. The van der Waals surface area contributed by atoms with Gasteiger partial charge >= 0.3 is 0 Å². The van der Waals surface area contributed by atoms with Crippen molar-refractivity contribution in [3.05, 3.63) is 88.2 Å². The van der Waals surface area contributed by atoms with Crippen LogP contribution in [0.1, 0.15) is 30.5 Å². The average molecular weight is 524 g/mol. The lowest BCUT2D eigenvalue weighted by molar-refractivity contribution is 0.0172. The molecule has 0 saturated carbocycles. The molecule has 3 nitrogen and oxygen atoms in total. The number of benzene rings is 3. The summed E-state index contributed by atoms with van der Waals surface area (Å²) in [6, 6.07) is 14.6. The number of hydrogen-bond acceptors (Lipinski definition) is 3. The summed E-state index contributed by atoms with van der Waals surface area (Å²) in [5.41, 5.74) is 1.60. The molecule has 0 aromatic heterocycles. The number of allylic oxidation sites excluding steroid dienone is 1. The van der Waals surface area contributed by atoms with Gasteiger partial charge in [-0.1, -0.05) is 41.9 Å². The lowest BCUT2D eigenvalue weighted by atomic mass is 10.0. The topological polar surface area (TPSA) is 37.4 Å². The van der Waals surface area contributed by atoms with E-state index in [0.29, 0.717) is 22.6 Å². The van der Waals surface area contributed by atoms with Gasteiger partial charge in [0.05, 0.1) is 15.6 Å². The van der Waals surface area contributed by atoms with Crippen LogP contribution in [0.3, 0.4) is 0 Å². The molecule has 4 rings (SSSR count). The van der Waals surface area contributed by atoms with Crippen molar-refractivity contribution >= 4 is 50.7 Å². The molecule has 0 radical (unpaired) electrons. The normalized spacial score (nSPS) is 14.8. The zero-order valence-electron chi connectivity index (χ0n) is 18.4. The molecular weight excluding hydrogens is 503 g/mol. The maximum Gasteiger partial charge on any atom is 0.270 e. The van der Waals surface area contributed by atoms with Crippen molar-refractivity contribution < 1.29 is 21.6 Å². The Bertz CT molecular complexity index is 1360. The van der Waals surface area contributed by atoms with E-state index in [1.54, 1.807) is 31.2 Å². The van der Waals surface area contributed by atoms with Gasteiger partial charge in [0.15, 0.2) is 0 Å². The number of anilines is 1. The fraction of sp³-hybridized carbons (Fsp3) is 0.200. The van der Waals surface area contributed by atoms with E-state index in [1.807, 2.05) is 6.07 Å². The second-order valence-electron chi connectivity index (χ2n) is 7.99. The second kappa shape index (κ2) is 9.32. The highest BCUT2D eigenvalue weighted by atomic mass is 35.5. The van der Waals surface area contributed by atoms with Crippen molar-refractivity contribution in [2.45, 2.75) is 29.6 Å². The van der Waals surface area contributed by atoms with E-state index in [4.69, 9.17) is 11.6 Å². The van der Waals surface area contributed by atoms with E-state index in [-0.39, 0.29) is 27.6 Å². The van der Waals surface area contributed by atoms with Gasteiger partial charge in [-0.15, -0.1) is 11.8 Å². The van der Waals surface area contributed by atoms with Gasteiger partial charge in [-0.25, -0.2) is 21.6 Å². The first kappa shape index (κ1) is 24.7. The molecule has 1 aliphatic rings. The molecule has 0 spiro atoms. The summed E-state index contributed by atoms with van der Waals surface area (Å²) in [7, 11) is -4.08. The molecule has 0 N–H and O–H groups in total. The minimum Gasteiger partial charge on any atom is -0.264 e. The highest BCUT2D eigenvalue weighted by Crippen LogP contribution is 2.40. The summed E-state index contributed by atoms with van der Waals surface area (Å²) in [5, 5.41) is 0.277. The van der Waals surface area contributed by atoms with E-state index in [2.05, 4.69) is 0 Å². The van der Waals surface area contributed by atoms with Crippen LogP contribution in [0.25, 0.3) is 11.6 Å². The van der Waals surface area contributed by atoms with Crippen molar-refractivity contribution in [3.63, 3.8) is 0 Å². The molecule has 1 heterocycles. The molecule has 0 amide bonds. The van der Waals surface area contributed by atoms with Gasteiger partial charge in [-0.05, 0) is 54.5 Å². The molecule has 0 fully saturated rings. The molecule has 178 valence electrons. The van der Waals surface area contributed by atoms with E-state index in [9.17, 15) is 21.6 Å². The first-order valence-corrected chi connectivity index (χ1v) is 13.2. The fourth-order valence-corrected chi connectivity index (χ4v) is 6.79. The summed E-state index contributed by atoms with van der Waals surface area (Å²) in [4.78, 5) is 0.560. The molecule has 0 aliphatic carbocycles. The minimum absolute atomic E-state index is 0.192. The van der Waals surface area contributed by atoms with Crippen molar-refractivity contribution in [3.8, 4) is 0 Å². The molecule has 0 atom stereocenters. The zero-order chi connectivity index (χ0) is 24.7. The summed E-state index contributed by atoms with van der Waals surface area (Å²) in [5.74, 6) is -3.09. The predicted molar refractivity (Wildman–Crippen MR) is 133 cm³/mol. The molecule has 3 aromatic rings. The van der Waals surface area contributed by atoms with Crippen LogP contribution in [0.4, 0.5) is 18.9 Å². The largest absolute Gasteiger partial charge is 0.270 e. The van der Waals surface area contributed by atoms with Crippen LogP contribution >= 0.6 is 23.4 Å². The number of sulfonamides is 1. The molecule has 0 bridgehead atoms. The summed E-state index contributed by atoms with van der Waals surface area (Å²) in [6.45, 7) is 2.65. The van der Waals surface area contributed by atoms with Crippen LogP contribution in [0.2, 0.25) is 5.02 Å². The third-order valence-electron chi connectivity index (χ3n) is 5.47. The first-order chi connectivity index (χ1) is 16.0. The third kappa shape index (κ3) is 4.85. The zero-order valence-corrected chi connectivity index (χ0v) is 20.7. The fourth-order valence-electron chi connectivity index (χ4n) is 3.80. The van der Waals surface area contributed by atoms with Crippen LogP contribution < -0.4 is 4.31 Å². The molecule has 34 heavy (non-hydrogen) atoms. The Hall–Kier alpha value is -2.42. The highest BCUT2D eigenvalue weighted by Gasteiger charge is 2.32. The Balaban J connectivity index is 1.76. The quantitative estimate of drug-likeness (QED) is 0.326. The van der Waals surface area contributed by atoms with Crippen molar-refractivity contribution in [1.82, 2.24) is 0 Å². The highest BCUT2D eigenvalue weighted by molar-refractivity contribution is 8.00. The van der Waals surface area contributed by atoms with Crippen LogP contribution in [0.5, 0.6) is 0 Å². The monoisotopic (exact) mass is 523 g/mol. The van der Waals surface area contributed by atoms with Gasteiger partial charge in [0, 0.05) is 35.2 Å². The number of fused-ring (bicyclic) bond motifs is 1. The standard InChI is InChI=1S/C25H21ClF3NO2S2/c1-16(24-20(26)7-4-8-21(24)27)13-17-9-10-23-22(14-17)30(11-12-33-23)34(31,32)19-6-3-5-18(15-19)25(2,28)29/h3-10,13-15H,11-12H2,1-2H3/b16-13+. The maximum atomic E-state index is 14.3. The van der Waals surface area contributed by atoms with E-state index in [0.717, 1.165) is 17.9 Å². The summed E-state index contributed by atoms with van der Waals surface area (Å²) in [6.07, 6.45) is 1.73. The van der Waals surface area contributed by atoms with E-state index in [1.165, 1.54) is 46.4 Å². The number of alkyl halides is 2. The van der Waals surface area contributed by atoms with Crippen LogP contribution in [-0.2, 0) is 15.9 Å². The Kier molecular flexibility index (Phi) is 6.77. The Morgan fingerprint density at radius 2 is 1.85 bits per heavy atom. The minimum atomic E-state index is -4.08. The second-order valence-corrected chi connectivity index (χ2v) is 11.4. The third-order valence-corrected chi connectivity index (χ3v) is 8.64. The number of thioether (sulfide) groups is 1. The molecule has 3 aromatic carbocycles. The predicted octanol–water partition coefficient (Wildman–Crippen LogP) is 7.45. The van der Waals surface area contributed by atoms with E-state index >= 15 is 0 Å². The molecule has 0 unspecified atom stereocenters. The smallest absolute Gasteiger partial charge is 0.264 e. The SMILES string of the molecule is C/C(=C\c1ccc2c(c1)N(S(=O)(=O)c1cccc(C(C)(F)F)c1)CCS2)c1c(F)cccc1Cl. The number of halogens is 4. The van der Waals surface area contributed by atoms with Gasteiger partial charge in [-0.2, -0.15) is 0 Å². The van der Waals surface area contributed by atoms with Crippen molar-refractivity contribution in [2.75, 3.05) is 16.6 Å². The molecule has 1 aliphatic heterocycles. The lowest BCUT2D eigenvalue weighted by Crippen LogP contribution is -2.35. The van der Waals surface area contributed by atoms with Crippen molar-refractivity contribution in [1.29, 1.82) is 0 Å². The molecule has 0 saturated heterocycles. The number of hydrogen-bond donors (Lipinski definition) is 0. The van der Waals surface area contributed by atoms with Gasteiger partial charge < -0.3 is 0 Å². The van der Waals surface area contributed by atoms with E-state index < -0.39 is 21.8 Å². The summed E-state index contributed by atoms with van der Waals surface area (Å²) < 4.78 is 70.1. The Labute approximate surface area is 206 Å². The number of rotatable bonds is 5. The van der Waals surface area contributed by atoms with Crippen LogP contribution in [-0.4, -0.2) is 20.7 Å². The van der Waals surface area contributed by atoms with Crippen molar-refractivity contribution in [2.24, 2.45) is 0 Å². The van der Waals surface area contributed by atoms with Gasteiger partial charge in [-0.3, -0.25) is 4.31 Å². The van der Waals surface area contributed by atoms with Gasteiger partial charge in [0.25, 0.3) is 15.9 Å². The lowest BCUT2D eigenvalue weighted by Gasteiger charge is -2.30. The maximum absolute atomic E-state index is 14.3. The van der Waals surface area contributed by atoms with Crippen LogP contribution in [0, 0.1) is 5.82 Å². The average Bonchev–Trinajstić information content (AvgIpc) is 2.78. The molecule has 9 heteroatoms. The molecular formula is C25H21ClF3NO2S2. The van der Waals surface area contributed by atoms with Gasteiger partial charge in [0.1, 0.15) is 5.82 Å².